The van der Waals surface area contributed by atoms with E-state index in [4.69, 9.17) is 9.47 Å². The van der Waals surface area contributed by atoms with E-state index in [-0.39, 0.29) is 5.97 Å². The molecule has 0 aromatic heterocycles. The molecule has 0 N–H and O–H groups in total. The second-order valence-corrected chi connectivity index (χ2v) is 11.8. The first-order valence-corrected chi connectivity index (χ1v) is 16.2. The lowest BCUT2D eigenvalue weighted by Gasteiger charge is -2.28. The molecule has 3 nitrogen and oxygen atoms in total. The maximum atomic E-state index is 12.6. The summed E-state index contributed by atoms with van der Waals surface area (Å²) in [6, 6.07) is 15.4. The van der Waals surface area contributed by atoms with Crippen LogP contribution in [0, 0.1) is 11.8 Å². The highest BCUT2D eigenvalue weighted by atomic mass is 16.5. The Labute approximate surface area is 239 Å². The van der Waals surface area contributed by atoms with Crippen LogP contribution in [-0.4, -0.2) is 12.6 Å². The number of unbranched alkanes of at least 4 members (excludes halogenated alkanes) is 9. The molecule has 1 aliphatic rings. The topological polar surface area (TPSA) is 35.5 Å². The Kier molecular flexibility index (Phi) is 15.1. The van der Waals surface area contributed by atoms with Crippen LogP contribution in [0.15, 0.2) is 48.5 Å². The predicted molar refractivity (Wildman–Crippen MR) is 164 cm³/mol. The summed E-state index contributed by atoms with van der Waals surface area (Å²) >= 11 is 0. The number of esters is 1. The van der Waals surface area contributed by atoms with Crippen LogP contribution in [0.4, 0.5) is 0 Å². The summed E-state index contributed by atoms with van der Waals surface area (Å²) in [4.78, 5) is 12.6. The second-order valence-electron chi connectivity index (χ2n) is 11.8. The Morgan fingerprint density at radius 1 is 0.641 bits per heavy atom. The normalized spacial score (nSPS) is 17.2. The third-order valence-electron chi connectivity index (χ3n) is 8.51. The Morgan fingerprint density at radius 2 is 1.18 bits per heavy atom. The molecule has 3 heteroatoms. The molecule has 0 radical (unpaired) electrons. The first-order chi connectivity index (χ1) is 19.2. The van der Waals surface area contributed by atoms with Crippen molar-refractivity contribution in [3.8, 4) is 11.5 Å². The number of benzene rings is 2. The minimum absolute atomic E-state index is 0.326. The lowest BCUT2D eigenvalue weighted by Crippen LogP contribution is -2.15. The Morgan fingerprint density at radius 3 is 1.82 bits per heavy atom. The number of aryl methyl sites for hydroxylation is 1. The summed E-state index contributed by atoms with van der Waals surface area (Å²) in [5.74, 6) is 2.94. The lowest BCUT2D eigenvalue weighted by molar-refractivity contribution is 0.0734. The number of carbonyl (C=O) groups excluding carboxylic acids is 1. The van der Waals surface area contributed by atoms with Crippen LogP contribution in [0.3, 0.4) is 0 Å². The average molecular weight is 535 g/mol. The number of rotatable bonds is 19. The van der Waals surface area contributed by atoms with E-state index in [0.29, 0.717) is 11.3 Å². The maximum absolute atomic E-state index is 12.6. The Balaban J connectivity index is 1.29. The highest BCUT2D eigenvalue weighted by Crippen LogP contribution is 2.34. The van der Waals surface area contributed by atoms with E-state index in [9.17, 15) is 4.79 Å². The van der Waals surface area contributed by atoms with Gasteiger partial charge in [0.2, 0.25) is 0 Å². The van der Waals surface area contributed by atoms with Crippen LogP contribution in [0.1, 0.15) is 139 Å². The van der Waals surface area contributed by atoms with Crippen molar-refractivity contribution in [1.29, 1.82) is 0 Å². The number of hydrogen-bond acceptors (Lipinski definition) is 3. The van der Waals surface area contributed by atoms with E-state index < -0.39 is 0 Å². The standard InChI is InChI=1S/C36H54O3/c1-3-5-7-8-9-10-11-13-29-38-34-27-23-33(24-28-34)36(37)39-35-25-21-32(22-26-35)20-19-31-17-15-30(16-18-31)14-12-6-4-2/h21-28,30-31H,3-20,29H2,1-2H3/t30-,31-. The molecular weight excluding hydrogens is 480 g/mol. The second kappa shape index (κ2) is 18.9. The van der Waals surface area contributed by atoms with Crippen molar-refractivity contribution in [3.05, 3.63) is 59.7 Å². The van der Waals surface area contributed by atoms with Crippen molar-refractivity contribution in [1.82, 2.24) is 0 Å². The van der Waals surface area contributed by atoms with Gasteiger partial charge < -0.3 is 9.47 Å². The van der Waals surface area contributed by atoms with Crippen LogP contribution in [0.5, 0.6) is 11.5 Å². The van der Waals surface area contributed by atoms with Gasteiger partial charge >= 0.3 is 5.97 Å². The molecule has 0 saturated heterocycles. The van der Waals surface area contributed by atoms with Gasteiger partial charge in [-0.25, -0.2) is 4.79 Å². The fraction of sp³-hybridized carbons (Fsp3) is 0.639. The van der Waals surface area contributed by atoms with Gasteiger partial charge in [0.1, 0.15) is 11.5 Å². The third kappa shape index (κ3) is 12.6. The molecule has 0 heterocycles. The largest absolute Gasteiger partial charge is 0.494 e. The van der Waals surface area contributed by atoms with Gasteiger partial charge in [0.15, 0.2) is 0 Å². The van der Waals surface area contributed by atoms with Crippen molar-refractivity contribution in [2.24, 2.45) is 11.8 Å². The van der Waals surface area contributed by atoms with Gasteiger partial charge in [-0.3, -0.25) is 0 Å². The molecule has 0 aliphatic heterocycles. The van der Waals surface area contributed by atoms with Gasteiger partial charge in [-0.05, 0) is 73.1 Å². The van der Waals surface area contributed by atoms with E-state index in [1.165, 1.54) is 108 Å². The zero-order valence-electron chi connectivity index (χ0n) is 24.9. The van der Waals surface area contributed by atoms with Gasteiger partial charge in [0.05, 0.1) is 12.2 Å². The summed E-state index contributed by atoms with van der Waals surface area (Å²) in [5, 5.41) is 0. The van der Waals surface area contributed by atoms with Gasteiger partial charge in [-0.1, -0.05) is 122 Å². The van der Waals surface area contributed by atoms with E-state index in [2.05, 4.69) is 26.0 Å². The molecule has 0 atom stereocenters. The van der Waals surface area contributed by atoms with Crippen LogP contribution in [0.25, 0.3) is 0 Å². The first-order valence-electron chi connectivity index (χ1n) is 16.2. The fourth-order valence-electron chi connectivity index (χ4n) is 5.87. The lowest BCUT2D eigenvalue weighted by atomic mass is 9.78. The number of carbonyl (C=O) groups is 1. The molecular formula is C36H54O3. The monoisotopic (exact) mass is 534 g/mol. The van der Waals surface area contributed by atoms with Gasteiger partial charge in [-0.2, -0.15) is 0 Å². The molecule has 3 rings (SSSR count). The maximum Gasteiger partial charge on any atom is 0.343 e. The zero-order chi connectivity index (χ0) is 27.5. The van der Waals surface area contributed by atoms with Crippen LogP contribution < -0.4 is 9.47 Å². The van der Waals surface area contributed by atoms with Gasteiger partial charge in [-0.15, -0.1) is 0 Å². The van der Waals surface area contributed by atoms with Gasteiger partial charge in [0.25, 0.3) is 0 Å². The van der Waals surface area contributed by atoms with Crippen molar-refractivity contribution in [2.75, 3.05) is 6.61 Å². The fourth-order valence-corrected chi connectivity index (χ4v) is 5.87. The molecule has 0 spiro atoms. The van der Waals surface area contributed by atoms with Crippen molar-refractivity contribution < 1.29 is 14.3 Å². The quantitative estimate of drug-likeness (QED) is 0.102. The van der Waals surface area contributed by atoms with Crippen molar-refractivity contribution >= 4 is 5.97 Å². The van der Waals surface area contributed by atoms with E-state index in [1.807, 2.05) is 24.3 Å². The third-order valence-corrected chi connectivity index (χ3v) is 8.51. The molecule has 1 aliphatic carbocycles. The van der Waals surface area contributed by atoms with Gasteiger partial charge in [0, 0.05) is 0 Å². The smallest absolute Gasteiger partial charge is 0.343 e. The van der Waals surface area contributed by atoms with Crippen LogP contribution in [0.2, 0.25) is 0 Å². The molecule has 2 aromatic rings. The predicted octanol–water partition coefficient (Wildman–Crippen LogP) is 10.7. The van der Waals surface area contributed by atoms with Crippen molar-refractivity contribution in [3.63, 3.8) is 0 Å². The molecule has 39 heavy (non-hydrogen) atoms. The van der Waals surface area contributed by atoms with Crippen LogP contribution >= 0.6 is 0 Å². The Bertz CT molecular complexity index is 894. The van der Waals surface area contributed by atoms with E-state index in [0.717, 1.165) is 37.0 Å². The summed E-state index contributed by atoms with van der Waals surface area (Å²) in [6.07, 6.45) is 23.9. The summed E-state index contributed by atoms with van der Waals surface area (Å²) in [6.45, 7) is 5.28. The first kappa shape index (κ1) is 31.2. The molecule has 0 amide bonds. The molecule has 0 unspecified atom stereocenters. The van der Waals surface area contributed by atoms with Crippen LogP contribution in [-0.2, 0) is 6.42 Å². The van der Waals surface area contributed by atoms with E-state index in [1.54, 1.807) is 12.1 Å². The molecule has 1 fully saturated rings. The summed E-state index contributed by atoms with van der Waals surface area (Å²) < 4.78 is 11.5. The minimum atomic E-state index is -0.326. The average Bonchev–Trinajstić information content (AvgIpc) is 2.97. The molecule has 0 bridgehead atoms. The summed E-state index contributed by atoms with van der Waals surface area (Å²) in [7, 11) is 0. The zero-order valence-corrected chi connectivity index (χ0v) is 24.9. The Hall–Kier alpha value is -2.29. The highest BCUT2D eigenvalue weighted by molar-refractivity contribution is 5.91. The molecule has 216 valence electrons. The number of hydrogen-bond donors (Lipinski definition) is 0. The highest BCUT2D eigenvalue weighted by Gasteiger charge is 2.20. The SMILES string of the molecule is CCCCCCCCCCOc1ccc(C(=O)Oc2ccc(CC[C@H]3CC[C@H](CCCCC)CC3)cc2)cc1. The summed E-state index contributed by atoms with van der Waals surface area (Å²) in [5.41, 5.74) is 1.88. The molecule has 1 saturated carbocycles. The molecule has 2 aromatic carbocycles. The van der Waals surface area contributed by atoms with Crippen molar-refractivity contribution in [2.45, 2.75) is 129 Å². The minimum Gasteiger partial charge on any atom is -0.494 e. The van der Waals surface area contributed by atoms with E-state index >= 15 is 0 Å². The number of ether oxygens (including phenoxy) is 2.